The van der Waals surface area contributed by atoms with E-state index in [2.05, 4.69) is 9.24 Å². The second kappa shape index (κ2) is 11.4. The van der Waals surface area contributed by atoms with Crippen molar-refractivity contribution in [1.29, 1.82) is 0 Å². The molecule has 0 aromatic heterocycles. The third-order valence-corrected chi connectivity index (χ3v) is 6.22. The number of hydrogen-bond donors (Lipinski definition) is 2. The quantitative estimate of drug-likeness (QED) is 0.251. The second-order valence-corrected chi connectivity index (χ2v) is 9.23. The Morgan fingerprint density at radius 1 is 0.667 bits per heavy atom. The summed E-state index contributed by atoms with van der Waals surface area (Å²) in [5.41, 5.74) is 3.05. The summed E-state index contributed by atoms with van der Waals surface area (Å²) in [7, 11) is -5.95. The normalized spacial score (nSPS) is 10.9. The molecule has 0 spiro atoms. The van der Waals surface area contributed by atoms with Crippen molar-refractivity contribution in [3.63, 3.8) is 0 Å². The van der Waals surface area contributed by atoms with Crippen LogP contribution < -0.4 is 56.7 Å². The van der Waals surface area contributed by atoms with E-state index in [1.165, 1.54) is 24.3 Å². The van der Waals surface area contributed by atoms with Crippen LogP contribution in [0.25, 0.3) is 22.3 Å². The molecule has 0 aliphatic carbocycles. The average Bonchev–Trinajstić information content (AvgIpc) is 2.60. The first-order chi connectivity index (χ1) is 12.6. The van der Waals surface area contributed by atoms with Crippen LogP contribution in [0, 0.1) is 0 Å². The fourth-order valence-corrected chi connectivity index (χ4v) is 4.13. The largest absolute Gasteiger partial charge is 1.00 e. The van der Waals surface area contributed by atoms with Gasteiger partial charge in [-0.05, 0) is 51.8 Å². The maximum Gasteiger partial charge on any atom is 1.00 e. The van der Waals surface area contributed by atoms with Crippen LogP contribution in [0.15, 0.2) is 76.5 Å². The Bertz CT molecular complexity index is 1220. The average molecular weight is 499 g/mol. The van der Waals surface area contributed by atoms with E-state index in [0.717, 1.165) is 27.6 Å². The molecule has 3 aromatic carbocycles. The first-order valence-corrected chi connectivity index (χ1v) is 11.1. The van der Waals surface area contributed by atoms with Crippen LogP contribution in [0.3, 0.4) is 0 Å². The predicted octanol–water partition coefficient (Wildman–Crippen LogP) is -1.52. The Morgan fingerprint density at radius 2 is 1.07 bits per heavy atom. The molecule has 0 heterocycles. The molecule has 0 saturated carbocycles. The number of benzene rings is 3. The van der Waals surface area contributed by atoms with Crippen molar-refractivity contribution >= 4 is 34.8 Å². The molecular formula is C18H20KO8PS2. The van der Waals surface area contributed by atoms with Crippen LogP contribution in [0.4, 0.5) is 0 Å². The van der Waals surface area contributed by atoms with E-state index in [1.54, 1.807) is 24.3 Å². The van der Waals surface area contributed by atoms with Crippen molar-refractivity contribution in [1.82, 2.24) is 0 Å². The summed E-state index contributed by atoms with van der Waals surface area (Å²) in [6.45, 7) is 0. The second-order valence-electron chi connectivity index (χ2n) is 5.77. The van der Waals surface area contributed by atoms with Crippen molar-refractivity contribution in [3.05, 3.63) is 66.7 Å². The first kappa shape index (κ1) is 29.5. The van der Waals surface area contributed by atoms with Crippen molar-refractivity contribution in [2.45, 2.75) is 9.79 Å². The summed E-state index contributed by atoms with van der Waals surface area (Å²) < 4.78 is 63.1. The minimum atomic E-state index is -4.28. The zero-order chi connectivity index (χ0) is 19.8. The molecule has 3 aromatic rings. The van der Waals surface area contributed by atoms with E-state index in [-0.39, 0.29) is 73.6 Å². The molecular weight excluding hydrogens is 478 g/mol. The molecule has 12 heteroatoms. The van der Waals surface area contributed by atoms with Gasteiger partial charge < -0.3 is 12.4 Å². The van der Waals surface area contributed by atoms with Crippen LogP contribution >= 0.6 is 9.24 Å². The first-order valence-electron chi connectivity index (χ1n) is 7.62. The molecule has 0 amide bonds. The molecule has 0 aliphatic heterocycles. The summed E-state index contributed by atoms with van der Waals surface area (Å²) in [5.74, 6) is 0. The standard InChI is InChI=1S/C18H15O6PS2.K.2H2O.H/c19-26(20,21)14-8-4-12(5-9-14)16-2-1-3-17(25)18(16)13-6-10-15(11-7-13)27(22,23)24;;;;/h1-11H,25H2,(H,19,20,21)(H,22,23,24);;2*1H2;/q;+1;;;-1. The third kappa shape index (κ3) is 6.73. The van der Waals surface area contributed by atoms with Gasteiger partial charge in [0, 0.05) is 0 Å². The minimum Gasteiger partial charge on any atom is -1.00 e. The van der Waals surface area contributed by atoms with Gasteiger partial charge in [0.05, 0.1) is 9.79 Å². The fraction of sp³-hybridized carbons (Fsp3) is 0. The number of rotatable bonds is 4. The van der Waals surface area contributed by atoms with Crippen molar-refractivity contribution in [2.75, 3.05) is 0 Å². The van der Waals surface area contributed by atoms with Gasteiger partial charge >= 0.3 is 51.4 Å². The summed E-state index contributed by atoms with van der Waals surface area (Å²) in [5, 5.41) is 0.853. The van der Waals surface area contributed by atoms with Gasteiger partial charge in [-0.1, -0.05) is 42.5 Å². The van der Waals surface area contributed by atoms with Crippen molar-refractivity contribution in [3.8, 4) is 22.3 Å². The van der Waals surface area contributed by atoms with Gasteiger partial charge in [0.25, 0.3) is 20.2 Å². The van der Waals surface area contributed by atoms with Gasteiger partial charge in [-0.3, -0.25) is 9.11 Å². The number of hydrogen-bond acceptors (Lipinski definition) is 4. The Labute approximate surface area is 221 Å². The van der Waals surface area contributed by atoms with Crippen LogP contribution in [0.1, 0.15) is 1.43 Å². The fourth-order valence-electron chi connectivity index (χ4n) is 2.73. The zero-order valence-electron chi connectivity index (χ0n) is 16.8. The Hall–Kier alpha value is -0.534. The molecule has 6 N–H and O–H groups in total. The van der Waals surface area contributed by atoms with Crippen LogP contribution in [0.5, 0.6) is 0 Å². The van der Waals surface area contributed by atoms with Gasteiger partial charge in [0.1, 0.15) is 0 Å². The molecule has 3 rings (SSSR count). The summed E-state index contributed by atoms with van der Waals surface area (Å²) in [6.07, 6.45) is 0. The van der Waals surface area contributed by atoms with E-state index in [9.17, 15) is 16.8 Å². The van der Waals surface area contributed by atoms with Crippen LogP contribution in [0.2, 0.25) is 0 Å². The summed E-state index contributed by atoms with van der Waals surface area (Å²) >= 11 is 0. The Balaban J connectivity index is 0. The Morgan fingerprint density at radius 3 is 1.47 bits per heavy atom. The molecule has 158 valence electrons. The topological polar surface area (TPSA) is 172 Å². The molecule has 1 unspecified atom stereocenters. The van der Waals surface area contributed by atoms with Gasteiger partial charge in [-0.25, -0.2) is 0 Å². The molecule has 0 bridgehead atoms. The smallest absolute Gasteiger partial charge is 1.00 e. The van der Waals surface area contributed by atoms with E-state index in [4.69, 9.17) is 9.11 Å². The van der Waals surface area contributed by atoms with E-state index < -0.39 is 20.2 Å². The molecule has 1 atom stereocenters. The maximum absolute atomic E-state index is 11.2. The molecule has 0 saturated heterocycles. The van der Waals surface area contributed by atoms with Crippen molar-refractivity contribution < 1.29 is 89.7 Å². The van der Waals surface area contributed by atoms with Crippen LogP contribution in [-0.4, -0.2) is 36.9 Å². The molecule has 0 fully saturated rings. The van der Waals surface area contributed by atoms with Gasteiger partial charge in [-0.2, -0.15) is 16.8 Å². The maximum atomic E-state index is 11.2. The summed E-state index contributed by atoms with van der Waals surface area (Å²) in [4.78, 5) is -0.404. The molecule has 0 radical (unpaired) electrons. The SMILES string of the molecule is O.O.O=S(=O)(O)c1ccc(-c2cccc(P)c2-c2ccc(S(=O)(=O)O)cc2)cc1.[H-].[K+]. The van der Waals surface area contributed by atoms with Crippen molar-refractivity contribution in [2.24, 2.45) is 0 Å². The third-order valence-electron chi connectivity index (χ3n) is 4.00. The van der Waals surface area contributed by atoms with Gasteiger partial charge in [0.15, 0.2) is 0 Å². The van der Waals surface area contributed by atoms with Crippen LogP contribution in [-0.2, 0) is 20.2 Å². The van der Waals surface area contributed by atoms with E-state index in [1.807, 2.05) is 18.2 Å². The molecule has 0 aliphatic rings. The molecule has 8 nitrogen and oxygen atoms in total. The zero-order valence-corrected chi connectivity index (χ0v) is 21.7. The Kier molecular flexibility index (Phi) is 11.2. The van der Waals surface area contributed by atoms with E-state index in [0.29, 0.717) is 0 Å². The molecule has 30 heavy (non-hydrogen) atoms. The van der Waals surface area contributed by atoms with E-state index >= 15 is 0 Å². The predicted molar refractivity (Wildman–Crippen MR) is 115 cm³/mol. The summed E-state index contributed by atoms with van der Waals surface area (Å²) in [6, 6.07) is 17.1. The van der Waals surface area contributed by atoms with Gasteiger partial charge in [-0.15, -0.1) is 9.24 Å². The minimum absolute atomic E-state index is 0. The monoisotopic (exact) mass is 498 g/mol. The van der Waals surface area contributed by atoms with Gasteiger partial charge in [0.2, 0.25) is 0 Å².